The molecular weight excluding hydrogens is 263 g/mol. The Morgan fingerprint density at radius 3 is 2.42 bits per heavy atom. The number of hydrogen-bond acceptors (Lipinski definition) is 1. The van der Waals surface area contributed by atoms with Crippen molar-refractivity contribution in [3.63, 3.8) is 0 Å². The number of alkyl halides is 1. The van der Waals surface area contributed by atoms with Crippen LogP contribution in [0, 0.1) is 12.7 Å². The first kappa shape index (κ1) is 14.0. The lowest BCUT2D eigenvalue weighted by atomic mass is 9.82. The van der Waals surface area contributed by atoms with Crippen LogP contribution in [0.15, 0.2) is 48.5 Å². The van der Waals surface area contributed by atoms with Gasteiger partial charge >= 0.3 is 0 Å². The van der Waals surface area contributed by atoms with Gasteiger partial charge in [-0.15, -0.1) is 11.6 Å². The van der Waals surface area contributed by atoms with Crippen LogP contribution in [0.4, 0.5) is 4.39 Å². The summed E-state index contributed by atoms with van der Waals surface area (Å²) in [6, 6.07) is 13.8. The van der Waals surface area contributed by atoms with Crippen molar-refractivity contribution < 1.29 is 9.50 Å². The summed E-state index contributed by atoms with van der Waals surface area (Å²) < 4.78 is 13.2. The van der Waals surface area contributed by atoms with Crippen LogP contribution in [-0.2, 0) is 5.60 Å². The maximum absolute atomic E-state index is 13.2. The minimum absolute atomic E-state index is 0.303. The third kappa shape index (κ3) is 2.80. The molecule has 0 saturated heterocycles. The first-order valence-electron chi connectivity index (χ1n) is 6.18. The molecule has 0 saturated carbocycles. The molecule has 2 aromatic carbocycles. The highest BCUT2D eigenvalue weighted by Gasteiger charge is 2.32. The van der Waals surface area contributed by atoms with Crippen molar-refractivity contribution in [2.75, 3.05) is 5.88 Å². The predicted octanol–water partition coefficient (Wildman–Crippen LogP) is 4.00. The summed E-state index contributed by atoms with van der Waals surface area (Å²) in [4.78, 5) is 0. The molecule has 0 amide bonds. The molecule has 1 nitrogen and oxygen atoms in total. The maximum atomic E-state index is 13.2. The molecule has 2 aromatic rings. The van der Waals surface area contributed by atoms with Crippen LogP contribution in [-0.4, -0.2) is 11.0 Å². The van der Waals surface area contributed by atoms with Crippen LogP contribution in [0.3, 0.4) is 0 Å². The molecule has 19 heavy (non-hydrogen) atoms. The van der Waals surface area contributed by atoms with Gasteiger partial charge in [-0.05, 0) is 42.2 Å². The summed E-state index contributed by atoms with van der Waals surface area (Å²) in [5.41, 5.74) is 1.00. The van der Waals surface area contributed by atoms with E-state index in [9.17, 15) is 9.50 Å². The second-order valence-corrected chi connectivity index (χ2v) is 5.00. The van der Waals surface area contributed by atoms with E-state index >= 15 is 0 Å². The predicted molar refractivity (Wildman–Crippen MR) is 75.9 cm³/mol. The van der Waals surface area contributed by atoms with Gasteiger partial charge in [0.1, 0.15) is 11.4 Å². The average Bonchev–Trinajstić information content (AvgIpc) is 2.39. The molecule has 3 heteroatoms. The first-order chi connectivity index (χ1) is 9.08. The average molecular weight is 279 g/mol. The Kier molecular flexibility index (Phi) is 4.23. The van der Waals surface area contributed by atoms with Gasteiger partial charge in [0.2, 0.25) is 0 Å². The number of hydrogen-bond donors (Lipinski definition) is 1. The van der Waals surface area contributed by atoms with Gasteiger partial charge in [0.25, 0.3) is 0 Å². The third-order valence-corrected chi connectivity index (χ3v) is 3.53. The normalized spacial score (nSPS) is 14.1. The van der Waals surface area contributed by atoms with E-state index in [2.05, 4.69) is 0 Å². The van der Waals surface area contributed by atoms with Gasteiger partial charge in [0.05, 0.1) is 0 Å². The van der Waals surface area contributed by atoms with Crippen molar-refractivity contribution in [3.8, 4) is 0 Å². The minimum atomic E-state index is -1.18. The minimum Gasteiger partial charge on any atom is -0.380 e. The Labute approximate surface area is 117 Å². The molecule has 0 aliphatic rings. The SMILES string of the molecule is Cc1cc(F)ccc1C(O)(CCCl)c1ccccc1. The van der Waals surface area contributed by atoms with Crippen LogP contribution in [0.2, 0.25) is 0 Å². The molecule has 0 spiro atoms. The van der Waals surface area contributed by atoms with Gasteiger partial charge in [0.15, 0.2) is 0 Å². The molecule has 0 bridgehead atoms. The number of halogens is 2. The molecule has 0 heterocycles. The van der Waals surface area contributed by atoms with Crippen LogP contribution in [0.1, 0.15) is 23.1 Å². The number of rotatable bonds is 4. The summed E-state index contributed by atoms with van der Waals surface area (Å²) in [5.74, 6) is 0.0184. The van der Waals surface area contributed by atoms with E-state index < -0.39 is 5.60 Å². The molecule has 0 fully saturated rings. The monoisotopic (exact) mass is 278 g/mol. The summed E-state index contributed by atoms with van der Waals surface area (Å²) >= 11 is 5.84. The van der Waals surface area contributed by atoms with Crippen molar-refractivity contribution >= 4 is 11.6 Å². The largest absolute Gasteiger partial charge is 0.380 e. The van der Waals surface area contributed by atoms with E-state index in [-0.39, 0.29) is 5.82 Å². The van der Waals surface area contributed by atoms with Crippen LogP contribution in [0.5, 0.6) is 0 Å². The Morgan fingerprint density at radius 2 is 1.84 bits per heavy atom. The molecule has 0 aliphatic carbocycles. The van der Waals surface area contributed by atoms with Crippen molar-refractivity contribution in [1.82, 2.24) is 0 Å². The topological polar surface area (TPSA) is 20.2 Å². The van der Waals surface area contributed by atoms with E-state index in [4.69, 9.17) is 11.6 Å². The number of aliphatic hydroxyl groups is 1. The fourth-order valence-corrected chi connectivity index (χ4v) is 2.65. The highest BCUT2D eigenvalue weighted by molar-refractivity contribution is 6.17. The number of benzene rings is 2. The Balaban J connectivity index is 2.56. The molecule has 2 rings (SSSR count). The van der Waals surface area contributed by atoms with Gasteiger partial charge < -0.3 is 5.11 Å². The summed E-state index contributed by atoms with van der Waals surface area (Å²) in [6.07, 6.45) is 0.380. The molecule has 1 unspecified atom stereocenters. The first-order valence-corrected chi connectivity index (χ1v) is 6.72. The van der Waals surface area contributed by atoms with Crippen LogP contribution in [0.25, 0.3) is 0 Å². The van der Waals surface area contributed by atoms with Crippen molar-refractivity contribution in [2.45, 2.75) is 18.9 Å². The zero-order valence-electron chi connectivity index (χ0n) is 10.7. The highest BCUT2D eigenvalue weighted by Crippen LogP contribution is 2.35. The molecule has 1 N–H and O–H groups in total. The van der Waals surface area contributed by atoms with E-state index in [1.165, 1.54) is 12.1 Å². The summed E-state index contributed by atoms with van der Waals surface area (Å²) in [6.45, 7) is 1.79. The van der Waals surface area contributed by atoms with Crippen LogP contribution < -0.4 is 0 Å². The Bertz CT molecular complexity index is 556. The summed E-state index contributed by atoms with van der Waals surface area (Å²) in [7, 11) is 0. The van der Waals surface area contributed by atoms with E-state index in [0.717, 1.165) is 11.1 Å². The molecule has 1 atom stereocenters. The quantitative estimate of drug-likeness (QED) is 0.838. The fourth-order valence-electron chi connectivity index (χ4n) is 2.38. The maximum Gasteiger partial charge on any atom is 0.123 e. The summed E-state index contributed by atoms with van der Waals surface area (Å²) in [5, 5.41) is 11.0. The van der Waals surface area contributed by atoms with Crippen molar-refractivity contribution in [3.05, 3.63) is 71.0 Å². The van der Waals surface area contributed by atoms with E-state index in [0.29, 0.717) is 17.9 Å². The highest BCUT2D eigenvalue weighted by atomic mass is 35.5. The van der Waals surface area contributed by atoms with Gasteiger partial charge in [-0.1, -0.05) is 36.4 Å². The van der Waals surface area contributed by atoms with E-state index in [1.54, 1.807) is 13.0 Å². The van der Waals surface area contributed by atoms with Gasteiger partial charge in [-0.2, -0.15) is 0 Å². The van der Waals surface area contributed by atoms with Crippen LogP contribution >= 0.6 is 11.6 Å². The smallest absolute Gasteiger partial charge is 0.123 e. The third-order valence-electron chi connectivity index (χ3n) is 3.34. The zero-order valence-corrected chi connectivity index (χ0v) is 11.5. The lowest BCUT2D eigenvalue weighted by Gasteiger charge is -2.30. The molecule has 0 radical (unpaired) electrons. The van der Waals surface area contributed by atoms with Crippen molar-refractivity contribution in [2.24, 2.45) is 0 Å². The fraction of sp³-hybridized carbons (Fsp3) is 0.250. The molecule has 0 aliphatic heterocycles. The standard InChI is InChI=1S/C16H16ClFO/c1-12-11-14(18)7-8-15(12)16(19,9-10-17)13-5-3-2-4-6-13/h2-8,11,19H,9-10H2,1H3. The van der Waals surface area contributed by atoms with Gasteiger partial charge in [-0.25, -0.2) is 4.39 Å². The lowest BCUT2D eigenvalue weighted by molar-refractivity contribution is 0.0767. The number of aryl methyl sites for hydroxylation is 1. The molecule has 0 aromatic heterocycles. The Hall–Kier alpha value is -1.38. The van der Waals surface area contributed by atoms with Gasteiger partial charge in [-0.3, -0.25) is 0 Å². The molecular formula is C16H16ClFO. The second kappa shape index (κ2) is 5.72. The van der Waals surface area contributed by atoms with Crippen molar-refractivity contribution in [1.29, 1.82) is 0 Å². The van der Waals surface area contributed by atoms with E-state index in [1.807, 2.05) is 30.3 Å². The van der Waals surface area contributed by atoms with Gasteiger partial charge in [0, 0.05) is 5.88 Å². The second-order valence-electron chi connectivity index (χ2n) is 4.62. The Morgan fingerprint density at radius 1 is 1.16 bits per heavy atom. The zero-order chi connectivity index (χ0) is 13.9. The lowest BCUT2D eigenvalue weighted by Crippen LogP contribution is -2.29. The molecule has 100 valence electrons.